The highest BCUT2D eigenvalue weighted by Crippen LogP contribution is 2.65. The van der Waals surface area contributed by atoms with Crippen LogP contribution in [-0.2, 0) is 19.1 Å². The van der Waals surface area contributed by atoms with E-state index in [1.54, 1.807) is 24.3 Å². The van der Waals surface area contributed by atoms with E-state index in [0.717, 1.165) is 12.8 Å². The van der Waals surface area contributed by atoms with Crippen LogP contribution in [0.3, 0.4) is 0 Å². The number of esters is 1. The highest BCUT2D eigenvalue weighted by Gasteiger charge is 2.67. The molecule has 0 unspecified atom stereocenters. The first kappa shape index (κ1) is 21.4. The van der Waals surface area contributed by atoms with Crippen molar-refractivity contribution >= 4 is 35.2 Å². The van der Waals surface area contributed by atoms with Gasteiger partial charge in [0.15, 0.2) is 12.4 Å². The van der Waals surface area contributed by atoms with Crippen LogP contribution in [0.1, 0.15) is 43.0 Å². The van der Waals surface area contributed by atoms with E-state index in [1.807, 2.05) is 6.92 Å². The van der Waals surface area contributed by atoms with Crippen molar-refractivity contribution in [3.8, 4) is 0 Å². The van der Waals surface area contributed by atoms with Crippen LogP contribution in [0, 0.1) is 35.5 Å². The zero-order chi connectivity index (χ0) is 22.6. The van der Waals surface area contributed by atoms with Gasteiger partial charge in [0.1, 0.15) is 6.04 Å². The van der Waals surface area contributed by atoms with Gasteiger partial charge in [0, 0.05) is 10.6 Å². The Hall–Kier alpha value is -2.47. The number of rotatable bonds is 8. The SMILES string of the molecule is CCCC[C@H](C(=O)OCC(=O)c1ccc(Cl)cc1)N1C(=O)[C@@H]2[C@H]3C=C[C@@H]([C@@H]4C[C@H]34)[C@H]2C1=O. The summed E-state index contributed by atoms with van der Waals surface area (Å²) >= 11 is 5.85. The second-order valence-electron chi connectivity index (χ2n) is 9.40. The first-order chi connectivity index (χ1) is 15.4. The molecule has 4 aliphatic carbocycles. The first-order valence-electron chi connectivity index (χ1n) is 11.4. The molecule has 0 aromatic heterocycles. The third kappa shape index (κ3) is 3.40. The maximum Gasteiger partial charge on any atom is 0.329 e. The minimum atomic E-state index is -0.978. The van der Waals surface area contributed by atoms with Crippen LogP contribution in [0.15, 0.2) is 36.4 Å². The zero-order valence-corrected chi connectivity index (χ0v) is 18.7. The normalized spacial score (nSPS) is 32.5. The quantitative estimate of drug-likeness (QED) is 0.258. The number of hydrogen-bond acceptors (Lipinski definition) is 5. The van der Waals surface area contributed by atoms with Crippen molar-refractivity contribution in [3.05, 3.63) is 47.0 Å². The Labute approximate surface area is 191 Å². The molecule has 2 saturated carbocycles. The number of nitrogens with zero attached hydrogens (tertiary/aromatic N) is 1. The number of likely N-dealkylation sites (tertiary alicyclic amines) is 1. The van der Waals surface area contributed by atoms with Crippen molar-refractivity contribution in [2.75, 3.05) is 6.61 Å². The average Bonchev–Trinajstić information content (AvgIpc) is 3.57. The molecule has 1 aromatic carbocycles. The monoisotopic (exact) mass is 455 g/mol. The largest absolute Gasteiger partial charge is 0.456 e. The Bertz CT molecular complexity index is 966. The predicted molar refractivity (Wildman–Crippen MR) is 117 cm³/mol. The van der Waals surface area contributed by atoms with Crippen LogP contribution < -0.4 is 0 Å². The van der Waals surface area contributed by atoms with E-state index in [-0.39, 0.29) is 41.3 Å². The van der Waals surface area contributed by atoms with Gasteiger partial charge in [-0.05, 0) is 60.8 Å². The Kier molecular flexibility index (Phi) is 5.44. The van der Waals surface area contributed by atoms with E-state index in [4.69, 9.17) is 16.3 Å². The molecule has 6 rings (SSSR count). The molecule has 7 heteroatoms. The lowest BCUT2D eigenvalue weighted by Gasteiger charge is -2.37. The predicted octanol–water partition coefficient (Wildman–Crippen LogP) is 3.68. The molecule has 1 aromatic rings. The van der Waals surface area contributed by atoms with Crippen molar-refractivity contribution < 1.29 is 23.9 Å². The fraction of sp³-hybridized carbons (Fsp3) is 0.520. The number of ether oxygens (including phenoxy) is 1. The van der Waals surface area contributed by atoms with Gasteiger partial charge in [-0.3, -0.25) is 19.3 Å². The average molecular weight is 456 g/mol. The number of ketones is 1. The highest BCUT2D eigenvalue weighted by atomic mass is 35.5. The molecule has 1 saturated heterocycles. The number of amides is 2. The summed E-state index contributed by atoms with van der Waals surface area (Å²) in [5.74, 6) is -1.04. The lowest BCUT2D eigenvalue weighted by atomic mass is 9.63. The lowest BCUT2D eigenvalue weighted by molar-refractivity contribution is -0.158. The molecule has 1 heterocycles. The summed E-state index contributed by atoms with van der Waals surface area (Å²) < 4.78 is 5.33. The summed E-state index contributed by atoms with van der Waals surface area (Å²) in [6.07, 6.45) is 7.14. The molecular formula is C25H26ClNO5. The van der Waals surface area contributed by atoms with Crippen LogP contribution in [-0.4, -0.2) is 41.1 Å². The Morgan fingerprint density at radius 2 is 1.66 bits per heavy atom. The molecule has 0 N–H and O–H groups in total. The second-order valence-corrected chi connectivity index (χ2v) is 9.83. The van der Waals surface area contributed by atoms with Crippen LogP contribution in [0.5, 0.6) is 0 Å². The minimum absolute atomic E-state index is 0.103. The van der Waals surface area contributed by atoms with Gasteiger partial charge in [-0.2, -0.15) is 0 Å². The van der Waals surface area contributed by atoms with Crippen LogP contribution in [0.25, 0.3) is 0 Å². The number of halogens is 1. The Morgan fingerprint density at radius 3 is 2.22 bits per heavy atom. The molecular weight excluding hydrogens is 430 g/mol. The molecule has 5 aliphatic rings. The smallest absolute Gasteiger partial charge is 0.329 e. The van der Waals surface area contributed by atoms with E-state index < -0.39 is 18.6 Å². The van der Waals surface area contributed by atoms with E-state index >= 15 is 0 Å². The first-order valence-corrected chi connectivity index (χ1v) is 11.8. The number of carbonyl (C=O) groups is 4. The fourth-order valence-corrected chi connectivity index (χ4v) is 6.12. The summed E-state index contributed by atoms with van der Waals surface area (Å²) in [7, 11) is 0. The topological polar surface area (TPSA) is 80.8 Å². The summed E-state index contributed by atoms with van der Waals surface area (Å²) in [6.45, 7) is 1.54. The molecule has 6 nitrogen and oxygen atoms in total. The standard InChI is InChI=1S/C25H26ClNO5/c1-2-3-4-19(25(31)32-12-20(28)13-5-7-14(26)8-6-13)27-23(29)21-15-9-10-16(18-11-17(15)18)22(21)24(27)30/h5-10,15-19,21-22H,2-4,11-12H2,1H3/t15-,16-,17-,18+,19+,21+,22+/m0/s1. The van der Waals surface area contributed by atoms with Crippen molar-refractivity contribution in [1.82, 2.24) is 4.90 Å². The molecule has 1 aliphatic heterocycles. The summed E-state index contributed by atoms with van der Waals surface area (Å²) in [5.41, 5.74) is 0.383. The minimum Gasteiger partial charge on any atom is -0.456 e. The maximum atomic E-state index is 13.4. The number of allylic oxidation sites excluding steroid dienone is 2. The van der Waals surface area contributed by atoms with Crippen LogP contribution in [0.2, 0.25) is 5.02 Å². The third-order valence-corrected chi connectivity index (χ3v) is 7.88. The number of hydrogen-bond donors (Lipinski definition) is 0. The molecule has 168 valence electrons. The van der Waals surface area contributed by atoms with Gasteiger partial charge in [0.25, 0.3) is 0 Å². The van der Waals surface area contributed by atoms with Gasteiger partial charge in [-0.15, -0.1) is 0 Å². The summed E-state index contributed by atoms with van der Waals surface area (Å²) in [4.78, 5) is 53.4. The number of carbonyl (C=O) groups excluding carboxylic acids is 4. The van der Waals surface area contributed by atoms with Crippen molar-refractivity contribution in [2.24, 2.45) is 35.5 Å². The van der Waals surface area contributed by atoms with Crippen LogP contribution >= 0.6 is 11.6 Å². The van der Waals surface area contributed by atoms with Gasteiger partial charge >= 0.3 is 5.97 Å². The lowest BCUT2D eigenvalue weighted by Crippen LogP contribution is -2.47. The molecule has 3 fully saturated rings. The number of Topliss-reactive ketones (excluding diaryl/α,β-unsaturated/α-hetero) is 1. The van der Waals surface area contributed by atoms with E-state index in [2.05, 4.69) is 12.2 Å². The molecule has 0 spiro atoms. The molecule has 2 bridgehead atoms. The molecule has 32 heavy (non-hydrogen) atoms. The number of imide groups is 1. The van der Waals surface area contributed by atoms with E-state index in [0.29, 0.717) is 35.3 Å². The van der Waals surface area contributed by atoms with Gasteiger partial charge in [0.05, 0.1) is 11.8 Å². The number of benzene rings is 1. The van der Waals surface area contributed by atoms with Gasteiger partial charge in [-0.1, -0.05) is 43.5 Å². The van der Waals surface area contributed by atoms with E-state index in [1.165, 1.54) is 4.90 Å². The summed E-state index contributed by atoms with van der Waals surface area (Å²) in [5, 5.41) is 0.506. The number of unbranched alkanes of at least 4 members (excludes halogenated alkanes) is 1. The van der Waals surface area contributed by atoms with Crippen molar-refractivity contribution in [1.29, 1.82) is 0 Å². The van der Waals surface area contributed by atoms with Crippen LogP contribution in [0.4, 0.5) is 0 Å². The van der Waals surface area contributed by atoms with Crippen molar-refractivity contribution in [2.45, 2.75) is 38.6 Å². The summed E-state index contributed by atoms with van der Waals surface area (Å²) in [6, 6.07) is 5.35. The third-order valence-electron chi connectivity index (χ3n) is 7.62. The maximum absolute atomic E-state index is 13.4. The molecule has 2 amide bonds. The highest BCUT2D eigenvalue weighted by molar-refractivity contribution is 6.30. The fourth-order valence-electron chi connectivity index (χ4n) is 5.99. The van der Waals surface area contributed by atoms with Crippen molar-refractivity contribution in [3.63, 3.8) is 0 Å². The Morgan fingerprint density at radius 1 is 1.06 bits per heavy atom. The molecule has 7 atom stereocenters. The van der Waals surface area contributed by atoms with E-state index in [9.17, 15) is 19.2 Å². The second kappa shape index (κ2) is 8.14. The molecule has 0 radical (unpaired) electrons. The van der Waals surface area contributed by atoms with Gasteiger partial charge in [0.2, 0.25) is 11.8 Å². The van der Waals surface area contributed by atoms with Gasteiger partial charge < -0.3 is 4.74 Å². The zero-order valence-electron chi connectivity index (χ0n) is 17.9. The van der Waals surface area contributed by atoms with Gasteiger partial charge in [-0.25, -0.2) is 4.79 Å². The Balaban J connectivity index is 1.31.